The molecule has 0 unspecified atom stereocenters. The minimum absolute atomic E-state index is 0.0438. The zero-order chi connectivity index (χ0) is 15.7. The summed E-state index contributed by atoms with van der Waals surface area (Å²) in [5.41, 5.74) is 1.11. The van der Waals surface area contributed by atoms with Crippen LogP contribution in [0.4, 0.5) is 0 Å². The highest BCUT2D eigenvalue weighted by atomic mass is 35.5. The molecule has 1 aliphatic rings. The maximum absolute atomic E-state index is 12.5. The van der Waals surface area contributed by atoms with Crippen LogP contribution in [0.15, 0.2) is 33.7 Å². The van der Waals surface area contributed by atoms with Gasteiger partial charge in [-0.3, -0.25) is 14.5 Å². The molecule has 2 heterocycles. The SMILES string of the molecule is CC(=O)N1CCN(Cc2coc3ccc(Cl)cc3c2=O)CC1. The van der Waals surface area contributed by atoms with Gasteiger partial charge >= 0.3 is 0 Å². The highest BCUT2D eigenvalue weighted by Crippen LogP contribution is 2.17. The van der Waals surface area contributed by atoms with E-state index >= 15 is 0 Å². The molecule has 1 saturated heterocycles. The van der Waals surface area contributed by atoms with Gasteiger partial charge in [0.25, 0.3) is 0 Å². The second-order valence-electron chi connectivity index (χ2n) is 5.51. The number of amides is 1. The number of hydrogen-bond acceptors (Lipinski definition) is 4. The first-order chi connectivity index (χ1) is 10.5. The average molecular weight is 321 g/mol. The smallest absolute Gasteiger partial charge is 0.219 e. The molecule has 3 rings (SSSR count). The molecular weight excluding hydrogens is 304 g/mol. The fraction of sp³-hybridized carbons (Fsp3) is 0.375. The summed E-state index contributed by atoms with van der Waals surface area (Å²) < 4.78 is 5.53. The highest BCUT2D eigenvalue weighted by Gasteiger charge is 2.20. The van der Waals surface area contributed by atoms with Gasteiger partial charge in [0.2, 0.25) is 5.91 Å². The van der Waals surface area contributed by atoms with Crippen LogP contribution in [0.5, 0.6) is 0 Å². The summed E-state index contributed by atoms with van der Waals surface area (Å²) in [6.07, 6.45) is 1.52. The Kier molecular flexibility index (Phi) is 4.18. The lowest BCUT2D eigenvalue weighted by atomic mass is 10.1. The van der Waals surface area contributed by atoms with Gasteiger partial charge in [0.15, 0.2) is 5.43 Å². The second kappa shape index (κ2) is 6.10. The monoisotopic (exact) mass is 320 g/mol. The summed E-state index contributed by atoms with van der Waals surface area (Å²) in [7, 11) is 0. The topological polar surface area (TPSA) is 53.8 Å². The first-order valence-corrected chi connectivity index (χ1v) is 7.60. The molecule has 0 atom stereocenters. The van der Waals surface area contributed by atoms with E-state index in [1.807, 2.05) is 4.90 Å². The average Bonchev–Trinajstić information content (AvgIpc) is 2.51. The van der Waals surface area contributed by atoms with Crippen LogP contribution in [-0.4, -0.2) is 41.9 Å². The Labute approximate surface area is 133 Å². The Balaban J connectivity index is 1.79. The van der Waals surface area contributed by atoms with Crippen molar-refractivity contribution in [2.45, 2.75) is 13.5 Å². The van der Waals surface area contributed by atoms with E-state index in [9.17, 15) is 9.59 Å². The molecule has 22 heavy (non-hydrogen) atoms. The van der Waals surface area contributed by atoms with Crippen molar-refractivity contribution in [2.24, 2.45) is 0 Å². The Morgan fingerprint density at radius 1 is 1.27 bits per heavy atom. The Morgan fingerprint density at radius 2 is 2.00 bits per heavy atom. The van der Waals surface area contributed by atoms with Crippen LogP contribution in [0.3, 0.4) is 0 Å². The summed E-state index contributed by atoms with van der Waals surface area (Å²) >= 11 is 5.95. The summed E-state index contributed by atoms with van der Waals surface area (Å²) in [6.45, 7) is 5.01. The zero-order valence-electron chi connectivity index (χ0n) is 12.3. The van der Waals surface area contributed by atoms with Crippen LogP contribution in [0.1, 0.15) is 12.5 Å². The highest BCUT2D eigenvalue weighted by molar-refractivity contribution is 6.31. The summed E-state index contributed by atoms with van der Waals surface area (Å²) in [5.74, 6) is 0.0968. The lowest BCUT2D eigenvalue weighted by Gasteiger charge is -2.33. The van der Waals surface area contributed by atoms with Crippen LogP contribution >= 0.6 is 11.6 Å². The molecule has 1 fully saturated rings. The second-order valence-corrected chi connectivity index (χ2v) is 5.95. The third-order valence-electron chi connectivity index (χ3n) is 4.02. The lowest BCUT2D eigenvalue weighted by Crippen LogP contribution is -2.47. The van der Waals surface area contributed by atoms with Gasteiger partial charge in [-0.25, -0.2) is 0 Å². The molecule has 0 N–H and O–H groups in total. The van der Waals surface area contributed by atoms with E-state index < -0.39 is 0 Å². The lowest BCUT2D eigenvalue weighted by molar-refractivity contribution is -0.130. The molecule has 0 radical (unpaired) electrons. The zero-order valence-corrected chi connectivity index (χ0v) is 13.1. The largest absolute Gasteiger partial charge is 0.464 e. The summed E-state index contributed by atoms with van der Waals surface area (Å²) in [6, 6.07) is 5.04. The number of halogens is 1. The molecule has 1 aromatic heterocycles. The van der Waals surface area contributed by atoms with Crippen molar-refractivity contribution in [3.63, 3.8) is 0 Å². The number of benzene rings is 1. The number of rotatable bonds is 2. The van der Waals surface area contributed by atoms with Crippen LogP contribution in [0.25, 0.3) is 11.0 Å². The number of piperazine rings is 1. The van der Waals surface area contributed by atoms with Crippen molar-refractivity contribution < 1.29 is 9.21 Å². The van der Waals surface area contributed by atoms with E-state index in [1.54, 1.807) is 25.1 Å². The van der Waals surface area contributed by atoms with E-state index in [0.29, 0.717) is 41.2 Å². The molecule has 6 heteroatoms. The van der Waals surface area contributed by atoms with Gasteiger partial charge in [-0.1, -0.05) is 11.6 Å². The quantitative estimate of drug-likeness (QED) is 0.850. The van der Waals surface area contributed by atoms with E-state index in [4.69, 9.17) is 16.0 Å². The molecule has 2 aromatic rings. The number of carbonyl (C=O) groups is 1. The van der Waals surface area contributed by atoms with Gasteiger partial charge < -0.3 is 9.32 Å². The van der Waals surface area contributed by atoms with Crippen LogP contribution in [0.2, 0.25) is 5.02 Å². The van der Waals surface area contributed by atoms with E-state index in [2.05, 4.69) is 4.90 Å². The van der Waals surface area contributed by atoms with Gasteiger partial charge in [-0.2, -0.15) is 0 Å². The maximum atomic E-state index is 12.5. The molecular formula is C16H17ClN2O3. The first kappa shape index (κ1) is 15.1. The number of nitrogens with zero attached hydrogens (tertiary/aromatic N) is 2. The third kappa shape index (κ3) is 3.00. The number of carbonyl (C=O) groups excluding carboxylic acids is 1. The van der Waals surface area contributed by atoms with Crippen LogP contribution in [0, 0.1) is 0 Å². The van der Waals surface area contributed by atoms with Crippen LogP contribution < -0.4 is 5.43 Å². The fourth-order valence-corrected chi connectivity index (χ4v) is 2.89. The molecule has 0 spiro atoms. The minimum atomic E-state index is -0.0438. The van der Waals surface area contributed by atoms with E-state index in [1.165, 1.54) is 6.26 Å². The Hall–Kier alpha value is -1.85. The van der Waals surface area contributed by atoms with Crippen molar-refractivity contribution in [1.29, 1.82) is 0 Å². The molecule has 1 amide bonds. The van der Waals surface area contributed by atoms with E-state index in [-0.39, 0.29) is 11.3 Å². The van der Waals surface area contributed by atoms with Crippen molar-refractivity contribution in [3.8, 4) is 0 Å². The van der Waals surface area contributed by atoms with Crippen molar-refractivity contribution in [1.82, 2.24) is 9.80 Å². The normalized spacial score (nSPS) is 16.2. The molecule has 0 saturated carbocycles. The predicted octanol–water partition coefficient (Wildman–Crippen LogP) is 2.11. The molecule has 0 aliphatic carbocycles. The minimum Gasteiger partial charge on any atom is -0.464 e. The van der Waals surface area contributed by atoms with Gasteiger partial charge in [0.1, 0.15) is 5.58 Å². The third-order valence-corrected chi connectivity index (χ3v) is 4.25. The number of hydrogen-bond donors (Lipinski definition) is 0. The molecule has 5 nitrogen and oxygen atoms in total. The fourth-order valence-electron chi connectivity index (χ4n) is 2.71. The van der Waals surface area contributed by atoms with Gasteiger partial charge in [-0.05, 0) is 18.2 Å². The predicted molar refractivity (Wildman–Crippen MR) is 85.0 cm³/mol. The molecule has 1 aliphatic heterocycles. The molecule has 1 aromatic carbocycles. The van der Waals surface area contributed by atoms with Crippen molar-refractivity contribution in [2.75, 3.05) is 26.2 Å². The Morgan fingerprint density at radius 3 is 2.68 bits per heavy atom. The van der Waals surface area contributed by atoms with Gasteiger partial charge in [-0.15, -0.1) is 0 Å². The standard InChI is InChI=1S/C16H17ClN2O3/c1-11(20)19-6-4-18(5-7-19)9-12-10-22-15-3-2-13(17)8-14(15)16(12)21/h2-3,8,10H,4-7,9H2,1H3. The first-order valence-electron chi connectivity index (χ1n) is 7.22. The summed E-state index contributed by atoms with van der Waals surface area (Å²) in [5, 5.41) is 1.03. The Bertz CT molecular complexity index is 764. The molecule has 0 bridgehead atoms. The molecule has 116 valence electrons. The van der Waals surface area contributed by atoms with Crippen molar-refractivity contribution >= 4 is 28.5 Å². The van der Waals surface area contributed by atoms with Crippen molar-refractivity contribution in [3.05, 3.63) is 45.3 Å². The summed E-state index contributed by atoms with van der Waals surface area (Å²) in [4.78, 5) is 27.8. The maximum Gasteiger partial charge on any atom is 0.219 e. The van der Waals surface area contributed by atoms with Gasteiger partial charge in [0.05, 0.1) is 11.6 Å². The van der Waals surface area contributed by atoms with Crippen LogP contribution in [-0.2, 0) is 11.3 Å². The van der Waals surface area contributed by atoms with Gasteiger partial charge in [0, 0.05) is 50.2 Å². The van der Waals surface area contributed by atoms with E-state index in [0.717, 1.165) is 13.1 Å². The number of fused-ring (bicyclic) bond motifs is 1.